The van der Waals surface area contributed by atoms with Gasteiger partial charge in [0, 0.05) is 6.07 Å². The van der Waals surface area contributed by atoms with Gasteiger partial charge in [0.25, 0.3) is 0 Å². The summed E-state index contributed by atoms with van der Waals surface area (Å²) in [5, 5.41) is 0.913. The molecule has 0 aliphatic rings. The molecule has 2 aromatic carbocycles. The smallest absolute Gasteiger partial charge is 0.181 e. The van der Waals surface area contributed by atoms with E-state index in [-0.39, 0.29) is 52.4 Å². The molecule has 118 valence electrons. The normalized spacial score (nSPS) is 10.7. The summed E-state index contributed by atoms with van der Waals surface area (Å²) >= 11 is 42.0. The Morgan fingerprint density at radius 3 is 1.68 bits per heavy atom. The minimum atomic E-state index is 0.0448. The highest BCUT2D eigenvalue weighted by atomic mass is 35.5. The van der Waals surface area contributed by atoms with Gasteiger partial charge in [-0.3, -0.25) is 0 Å². The Kier molecular flexibility index (Phi) is 6.12. The topological polar surface area (TPSA) is 18.5 Å². The van der Waals surface area contributed by atoms with Crippen LogP contribution in [0.15, 0.2) is 12.1 Å². The van der Waals surface area contributed by atoms with E-state index >= 15 is 0 Å². The third-order valence-electron chi connectivity index (χ3n) is 2.57. The van der Waals surface area contributed by atoms with Crippen molar-refractivity contribution in [2.45, 2.75) is 0 Å². The third kappa shape index (κ3) is 3.44. The van der Waals surface area contributed by atoms with Gasteiger partial charge in [-0.2, -0.15) is 0 Å². The Bertz CT molecular complexity index is 746. The van der Waals surface area contributed by atoms with Crippen molar-refractivity contribution in [3.63, 3.8) is 0 Å². The monoisotopic (exact) mass is 438 g/mol. The largest absolute Gasteiger partial charge is 0.491 e. The highest BCUT2D eigenvalue weighted by molar-refractivity contribution is 6.50. The molecule has 0 aliphatic carbocycles. The molecular weight excluding hydrogens is 436 g/mol. The van der Waals surface area contributed by atoms with Gasteiger partial charge in [0.05, 0.1) is 32.2 Å². The molecule has 2 rings (SSSR count). The van der Waals surface area contributed by atoms with Gasteiger partial charge in [-0.25, -0.2) is 0 Å². The predicted molar refractivity (Wildman–Crippen MR) is 94.6 cm³/mol. The quantitative estimate of drug-likeness (QED) is 0.354. The molecule has 0 aromatic heterocycles. The second kappa shape index (κ2) is 7.31. The zero-order chi connectivity index (χ0) is 16.6. The van der Waals surface area contributed by atoms with Crippen molar-refractivity contribution in [3.8, 4) is 17.2 Å². The van der Waals surface area contributed by atoms with Gasteiger partial charge >= 0.3 is 0 Å². The number of halogens is 7. The summed E-state index contributed by atoms with van der Waals surface area (Å²) in [4.78, 5) is 0. The van der Waals surface area contributed by atoms with Crippen LogP contribution in [0.2, 0.25) is 35.2 Å². The minimum absolute atomic E-state index is 0.0448. The molecule has 0 spiro atoms. The van der Waals surface area contributed by atoms with Crippen molar-refractivity contribution in [2.24, 2.45) is 0 Å². The molecule has 22 heavy (non-hydrogen) atoms. The number of rotatable bonds is 3. The predicted octanol–water partition coefficient (Wildman–Crippen LogP) is 8.06. The summed E-state index contributed by atoms with van der Waals surface area (Å²) in [5.74, 6) is 0.434. The van der Waals surface area contributed by atoms with Gasteiger partial charge in [0.2, 0.25) is 0 Å². The summed E-state index contributed by atoms with van der Waals surface area (Å²) in [6.07, 6.45) is 0. The molecule has 0 fully saturated rings. The van der Waals surface area contributed by atoms with Gasteiger partial charge in [-0.1, -0.05) is 81.2 Å². The summed E-state index contributed by atoms with van der Waals surface area (Å²) < 4.78 is 10.8. The summed E-state index contributed by atoms with van der Waals surface area (Å²) in [7, 11) is 1.40. The molecule has 2 nitrogen and oxygen atoms in total. The summed E-state index contributed by atoms with van der Waals surface area (Å²) in [6.45, 7) is 0. The standard InChI is InChI=1S/C13H5Cl7O2/c1-21-13-7(3-5(15)9(18)11(13)20)22-12-6(16)2-4(14)8(17)10(12)19/h2-3H,1H3. The second-order valence-electron chi connectivity index (χ2n) is 3.92. The van der Waals surface area contributed by atoms with Crippen LogP contribution in [-0.2, 0) is 0 Å². The molecule has 0 atom stereocenters. The van der Waals surface area contributed by atoms with Crippen molar-refractivity contribution in [3.05, 3.63) is 47.3 Å². The van der Waals surface area contributed by atoms with Crippen molar-refractivity contribution >= 4 is 81.2 Å². The molecule has 0 unspecified atom stereocenters. The van der Waals surface area contributed by atoms with E-state index in [1.165, 1.54) is 19.2 Å². The average Bonchev–Trinajstić information content (AvgIpc) is 2.47. The Hall–Kier alpha value is 0.0700. The van der Waals surface area contributed by atoms with E-state index < -0.39 is 0 Å². The Balaban J connectivity index is 2.60. The molecule has 0 saturated carbocycles. The third-order valence-corrected chi connectivity index (χ3v) is 5.34. The molecule has 9 heteroatoms. The zero-order valence-electron chi connectivity index (χ0n) is 10.6. The van der Waals surface area contributed by atoms with Gasteiger partial charge in [0.15, 0.2) is 17.2 Å². The SMILES string of the molecule is COc1c(Oc2c(Cl)cc(Cl)c(Cl)c2Cl)cc(Cl)c(Cl)c1Cl. The fourth-order valence-corrected chi connectivity index (χ4v) is 3.21. The van der Waals surface area contributed by atoms with Crippen molar-refractivity contribution in [1.82, 2.24) is 0 Å². The minimum Gasteiger partial charge on any atom is -0.491 e. The van der Waals surface area contributed by atoms with Crippen LogP contribution in [-0.4, -0.2) is 7.11 Å². The maximum atomic E-state index is 6.10. The average molecular weight is 441 g/mol. The molecule has 0 aliphatic heterocycles. The number of benzene rings is 2. The molecular formula is C13H5Cl7O2. The van der Waals surface area contributed by atoms with Gasteiger partial charge in [0.1, 0.15) is 10.0 Å². The fourth-order valence-electron chi connectivity index (χ4n) is 1.58. The first-order chi connectivity index (χ1) is 10.3. The molecule has 0 amide bonds. The van der Waals surface area contributed by atoms with E-state index in [1.807, 2.05) is 0 Å². The molecule has 0 radical (unpaired) electrons. The first-order valence-electron chi connectivity index (χ1n) is 5.50. The van der Waals surface area contributed by atoms with Crippen LogP contribution in [0, 0.1) is 0 Å². The van der Waals surface area contributed by atoms with E-state index in [1.54, 1.807) is 0 Å². The summed E-state index contributed by atoms with van der Waals surface area (Å²) in [5.41, 5.74) is 0. The Morgan fingerprint density at radius 2 is 1.14 bits per heavy atom. The van der Waals surface area contributed by atoms with Crippen LogP contribution in [0.5, 0.6) is 17.2 Å². The zero-order valence-corrected chi connectivity index (χ0v) is 15.9. The number of methoxy groups -OCH3 is 1. The van der Waals surface area contributed by atoms with Crippen LogP contribution in [0.3, 0.4) is 0 Å². The lowest BCUT2D eigenvalue weighted by molar-refractivity contribution is 0.379. The first-order valence-corrected chi connectivity index (χ1v) is 8.14. The van der Waals surface area contributed by atoms with Crippen LogP contribution in [0.1, 0.15) is 0 Å². The molecule has 0 bridgehead atoms. The Labute approximate surface area is 161 Å². The maximum Gasteiger partial charge on any atom is 0.181 e. The lowest BCUT2D eigenvalue weighted by Gasteiger charge is -2.16. The first kappa shape index (κ1) is 18.4. The molecule has 0 heterocycles. The van der Waals surface area contributed by atoms with E-state index in [2.05, 4.69) is 0 Å². The second-order valence-corrected chi connectivity index (χ2v) is 6.65. The van der Waals surface area contributed by atoms with Crippen LogP contribution in [0.4, 0.5) is 0 Å². The highest BCUT2D eigenvalue weighted by Gasteiger charge is 2.21. The van der Waals surface area contributed by atoms with E-state index in [4.69, 9.17) is 90.7 Å². The molecule has 0 saturated heterocycles. The van der Waals surface area contributed by atoms with Crippen LogP contribution in [0.25, 0.3) is 0 Å². The number of hydrogen-bond acceptors (Lipinski definition) is 2. The fraction of sp³-hybridized carbons (Fsp3) is 0.0769. The lowest BCUT2D eigenvalue weighted by atomic mass is 10.3. The van der Waals surface area contributed by atoms with Crippen molar-refractivity contribution in [2.75, 3.05) is 7.11 Å². The van der Waals surface area contributed by atoms with Gasteiger partial charge in [-0.05, 0) is 6.07 Å². The van der Waals surface area contributed by atoms with E-state index in [0.717, 1.165) is 0 Å². The van der Waals surface area contributed by atoms with E-state index in [9.17, 15) is 0 Å². The van der Waals surface area contributed by atoms with E-state index in [0.29, 0.717) is 0 Å². The molecule has 2 aromatic rings. The van der Waals surface area contributed by atoms with Crippen LogP contribution < -0.4 is 9.47 Å². The van der Waals surface area contributed by atoms with Crippen LogP contribution >= 0.6 is 81.2 Å². The number of hydrogen-bond donors (Lipinski definition) is 0. The maximum absolute atomic E-state index is 6.10. The lowest BCUT2D eigenvalue weighted by Crippen LogP contribution is -1.94. The van der Waals surface area contributed by atoms with Gasteiger partial charge in [-0.15, -0.1) is 0 Å². The number of ether oxygens (including phenoxy) is 2. The summed E-state index contributed by atoms with van der Waals surface area (Å²) in [6, 6.07) is 2.82. The molecule has 0 N–H and O–H groups in total. The highest BCUT2D eigenvalue weighted by Crippen LogP contribution is 2.49. The Morgan fingerprint density at radius 1 is 0.636 bits per heavy atom. The van der Waals surface area contributed by atoms with Crippen molar-refractivity contribution in [1.29, 1.82) is 0 Å². The van der Waals surface area contributed by atoms with Crippen molar-refractivity contribution < 1.29 is 9.47 Å². The van der Waals surface area contributed by atoms with Gasteiger partial charge < -0.3 is 9.47 Å².